The molecule has 0 aromatic heterocycles. The van der Waals surface area contributed by atoms with Gasteiger partial charge in [-0.3, -0.25) is 38.4 Å². The van der Waals surface area contributed by atoms with Gasteiger partial charge in [0.2, 0.25) is 0 Å². The predicted octanol–water partition coefficient (Wildman–Crippen LogP) is 13.4. The number of amides is 8. The van der Waals surface area contributed by atoms with Crippen LogP contribution in [0.1, 0.15) is 149 Å². The van der Waals surface area contributed by atoms with Crippen molar-refractivity contribution >= 4 is 104 Å². The first-order chi connectivity index (χ1) is 57.1. The molecule has 0 saturated carbocycles. The van der Waals surface area contributed by atoms with Gasteiger partial charge in [0.1, 0.15) is 0 Å². The van der Waals surface area contributed by atoms with Gasteiger partial charge >= 0.3 is 0 Å². The van der Waals surface area contributed by atoms with Gasteiger partial charge < -0.3 is 97.5 Å². The highest BCUT2D eigenvalue weighted by Crippen LogP contribution is 2.22. The molecule has 1 aliphatic heterocycles. The maximum Gasteiger partial charge on any atom is 0.253 e. The fourth-order valence-electron chi connectivity index (χ4n) is 11.1. The van der Waals surface area contributed by atoms with Crippen LogP contribution in [0.2, 0.25) is 5.02 Å². The Morgan fingerprint density at radius 1 is 0.417 bits per heavy atom. The third-order valence-electron chi connectivity index (χ3n) is 17.9. The van der Waals surface area contributed by atoms with Gasteiger partial charge in [0.15, 0.2) is 0 Å². The van der Waals surface area contributed by atoms with Crippen LogP contribution < -0.4 is 58.1 Å². The fourth-order valence-corrected chi connectivity index (χ4v) is 11.3. The molecule has 0 bridgehead atoms. The Labute approximate surface area is 717 Å². The molecule has 1 unspecified atom stereocenters. The zero-order valence-corrected chi connectivity index (χ0v) is 75.3. The van der Waals surface area contributed by atoms with Crippen molar-refractivity contribution in [2.45, 2.75) is 79.4 Å². The van der Waals surface area contributed by atoms with Crippen LogP contribution in [-0.4, -0.2) is 258 Å². The standard InChI is InChI=1S/C14H20N2O2.C12H18N2O2.2C12H18N2O.C11H16N2O2.C11H16N2O.C10H13ClN2O.C10H14N2O/c1-15-12-6-4-5-11(9-12)14(17)16-10-13-7-2-3-8-18-13;1-3-14(7-8-15)12(16)10-5-4-6-11(9-10)13-2;1-12(2,3)14-11(15)9-6-5-7-10(8-9)13-4;1-4-14(5-2)12(15)10-7-6-8-11(9-10)13-3;1-12-10-5-3-4-9(8-10)11(15)13(2)6-7-14;1-8-5-9(11(14)13(3)4)7-10(6-8)12-2;1-12-9-5-7(4-8(11)6-9)10(14)13(2)3;1-11-10(13)8-5-4-6-9(7-8)12(2)3/h4-6,9,13,15H,2-3,7-8,10H2,1H3,(H,16,17);4-6,9,13,15H,3,7-8H2,1-2H3;5-8,13H,1-4H3,(H,14,15);6-9,13H,4-5H2,1-3H3;3-5,8,12,14H,6-7H2,1-2H3;5-7,12H,1-4H3;4-6,12H,1-3H3;4-7H,1-3H3,(H,11,13). The third-order valence-corrected chi connectivity index (χ3v) is 18.1. The van der Waals surface area contributed by atoms with Crippen LogP contribution in [0.5, 0.6) is 0 Å². The molecule has 8 aromatic carbocycles. The smallest absolute Gasteiger partial charge is 0.253 e. The van der Waals surface area contributed by atoms with E-state index in [9.17, 15) is 38.4 Å². The van der Waals surface area contributed by atoms with Crippen molar-refractivity contribution < 1.29 is 53.3 Å². The van der Waals surface area contributed by atoms with Crippen molar-refractivity contribution in [2.75, 3.05) is 207 Å². The normalized spacial score (nSPS) is 11.3. The summed E-state index contributed by atoms with van der Waals surface area (Å²) in [5, 5.41) is 47.6. The van der Waals surface area contributed by atoms with Crippen LogP contribution >= 0.6 is 11.6 Å². The summed E-state index contributed by atoms with van der Waals surface area (Å²) in [6.45, 7) is 18.0. The SMILES string of the molecule is CCN(CC)C(=O)c1cccc(NC)c1.CCN(CCO)C(=O)c1cccc(NC)c1.CNC(=O)c1cccc(N(C)C)c1.CNc1cc(C)cc(C(=O)N(C)C)c1.CNc1cc(Cl)cc(C(=O)N(C)C)c1.CNc1cccc(C(=O)N(C)CCO)c1.CNc1cccc(C(=O)NC(C)(C)C)c1.CNc1cccc(C(=O)NCC2CCCCO2)c1. The molecule has 0 aliphatic carbocycles. The van der Waals surface area contributed by atoms with Gasteiger partial charge in [0.25, 0.3) is 47.3 Å². The Morgan fingerprint density at radius 2 is 0.792 bits per heavy atom. The summed E-state index contributed by atoms with van der Waals surface area (Å²) < 4.78 is 5.58. The molecule has 0 spiro atoms. The topological polar surface area (TPSA) is 326 Å². The zero-order chi connectivity index (χ0) is 90.0. The molecular formula is C92H133ClN16O11. The molecule has 1 heterocycles. The minimum Gasteiger partial charge on any atom is -0.395 e. The monoisotopic (exact) mass is 1670 g/mol. The van der Waals surface area contributed by atoms with E-state index in [1.807, 2.05) is 247 Å². The number of nitrogens with zero attached hydrogens (tertiary/aromatic N) is 6. The van der Waals surface area contributed by atoms with Crippen LogP contribution in [0, 0.1) is 6.92 Å². The second-order valence-corrected chi connectivity index (χ2v) is 29.3. The van der Waals surface area contributed by atoms with E-state index in [0.29, 0.717) is 64.6 Å². The summed E-state index contributed by atoms with van der Waals surface area (Å²) in [7, 11) is 26.9. The van der Waals surface area contributed by atoms with E-state index in [2.05, 4.69) is 53.2 Å². The molecule has 8 amide bonds. The van der Waals surface area contributed by atoms with Gasteiger partial charge in [-0.15, -0.1) is 0 Å². The van der Waals surface area contributed by atoms with Crippen LogP contribution in [0.15, 0.2) is 182 Å². The molecule has 8 aromatic rings. The number of carbonyl (C=O) groups excluding carboxylic acids is 8. The van der Waals surface area contributed by atoms with E-state index >= 15 is 0 Å². The van der Waals surface area contributed by atoms with E-state index in [4.69, 9.17) is 26.6 Å². The molecule has 12 N–H and O–H groups in total. The van der Waals surface area contributed by atoms with Crippen molar-refractivity contribution in [1.82, 2.24) is 40.4 Å². The first-order valence-corrected chi connectivity index (χ1v) is 40.3. The maximum absolute atomic E-state index is 12.0. The van der Waals surface area contributed by atoms with Gasteiger partial charge in [-0.05, 0) is 219 Å². The number of hydrogen-bond acceptors (Lipinski definition) is 19. The number of ether oxygens (including phenoxy) is 1. The molecule has 1 atom stereocenters. The average molecular weight is 1670 g/mol. The first kappa shape index (κ1) is 104. The van der Waals surface area contributed by atoms with Crippen LogP contribution in [0.3, 0.4) is 0 Å². The summed E-state index contributed by atoms with van der Waals surface area (Å²) in [5.74, 6) is -0.189. The lowest BCUT2D eigenvalue weighted by Crippen LogP contribution is -2.40. The Balaban J connectivity index is 0.000000466. The second kappa shape index (κ2) is 56.5. The quantitative estimate of drug-likeness (QED) is 0.0253. The van der Waals surface area contributed by atoms with Gasteiger partial charge in [0, 0.05) is 252 Å². The number of nitrogens with one attached hydrogen (secondary N) is 10. The van der Waals surface area contributed by atoms with E-state index in [-0.39, 0.29) is 72.1 Å². The van der Waals surface area contributed by atoms with Crippen molar-refractivity contribution in [3.05, 3.63) is 237 Å². The molecule has 27 nitrogen and oxygen atoms in total. The number of halogens is 1. The highest BCUT2D eigenvalue weighted by molar-refractivity contribution is 6.31. The summed E-state index contributed by atoms with van der Waals surface area (Å²) in [4.78, 5) is 104. The number of aryl methyl sites for hydroxylation is 1. The van der Waals surface area contributed by atoms with Crippen LogP contribution in [0.4, 0.5) is 45.5 Å². The summed E-state index contributed by atoms with van der Waals surface area (Å²) in [5.41, 5.74) is 13.7. The van der Waals surface area contributed by atoms with Crippen molar-refractivity contribution in [3.8, 4) is 0 Å². The Kier molecular flexibility index (Phi) is 49.0. The predicted molar refractivity (Wildman–Crippen MR) is 495 cm³/mol. The number of carbonyl (C=O) groups is 8. The Hall–Kier alpha value is -11.9. The Bertz CT molecular complexity index is 4380. The van der Waals surface area contributed by atoms with Gasteiger partial charge in [-0.25, -0.2) is 0 Å². The van der Waals surface area contributed by atoms with E-state index in [1.165, 1.54) is 16.2 Å². The van der Waals surface area contributed by atoms with Crippen LogP contribution in [-0.2, 0) is 4.74 Å². The second-order valence-electron chi connectivity index (χ2n) is 28.8. The summed E-state index contributed by atoms with van der Waals surface area (Å²) >= 11 is 5.87. The number of hydrogen-bond donors (Lipinski definition) is 12. The molecule has 1 fully saturated rings. The number of aliphatic hydroxyl groups is 2. The number of benzene rings is 8. The first-order valence-electron chi connectivity index (χ1n) is 40.0. The average Bonchev–Trinajstić information content (AvgIpc) is 0.855. The summed E-state index contributed by atoms with van der Waals surface area (Å²) in [6, 6.07) is 55.5. The molecular weight excluding hydrogens is 1540 g/mol. The molecule has 120 heavy (non-hydrogen) atoms. The largest absolute Gasteiger partial charge is 0.395 e. The van der Waals surface area contributed by atoms with Crippen molar-refractivity contribution in [2.24, 2.45) is 0 Å². The fraction of sp³-hybridized carbons (Fsp3) is 0.391. The van der Waals surface area contributed by atoms with E-state index < -0.39 is 0 Å². The Morgan fingerprint density at radius 3 is 1.18 bits per heavy atom. The number of likely N-dealkylation sites (N-methyl/N-ethyl adjacent to an activating group) is 2. The minimum absolute atomic E-state index is 0.00863. The maximum atomic E-state index is 12.0. The lowest BCUT2D eigenvalue weighted by Gasteiger charge is -2.22. The zero-order valence-electron chi connectivity index (χ0n) is 74.5. The molecule has 28 heteroatoms. The number of anilines is 8. The molecule has 1 saturated heterocycles. The summed E-state index contributed by atoms with van der Waals surface area (Å²) in [6.07, 6.45) is 3.54. The van der Waals surface area contributed by atoms with Gasteiger partial charge in [0.05, 0.1) is 19.3 Å². The van der Waals surface area contributed by atoms with Gasteiger partial charge in [-0.2, -0.15) is 0 Å². The number of aliphatic hydroxyl groups excluding tert-OH is 2. The highest BCUT2D eigenvalue weighted by atomic mass is 35.5. The minimum atomic E-state index is -0.202. The third kappa shape index (κ3) is 38.7. The lowest BCUT2D eigenvalue weighted by molar-refractivity contribution is 0.0169. The van der Waals surface area contributed by atoms with Crippen molar-refractivity contribution in [1.29, 1.82) is 0 Å². The van der Waals surface area contributed by atoms with E-state index in [1.54, 1.807) is 109 Å². The molecule has 9 rings (SSSR count). The number of rotatable bonds is 25. The molecule has 654 valence electrons. The van der Waals surface area contributed by atoms with Crippen LogP contribution in [0.25, 0.3) is 0 Å². The molecule has 1 aliphatic rings. The van der Waals surface area contributed by atoms with E-state index in [0.717, 1.165) is 94.7 Å². The van der Waals surface area contributed by atoms with Crippen molar-refractivity contribution in [3.63, 3.8) is 0 Å². The molecule has 0 radical (unpaired) electrons. The highest BCUT2D eigenvalue weighted by Gasteiger charge is 2.20. The lowest BCUT2D eigenvalue weighted by atomic mass is 10.1. The van der Waals surface area contributed by atoms with Gasteiger partial charge in [-0.1, -0.05) is 48.0 Å².